The van der Waals surface area contributed by atoms with Crippen LogP contribution in [0, 0.1) is 6.92 Å². The maximum atomic E-state index is 13.4. The van der Waals surface area contributed by atoms with E-state index in [9.17, 15) is 4.79 Å². The molecule has 0 aliphatic carbocycles. The van der Waals surface area contributed by atoms with Gasteiger partial charge in [-0.2, -0.15) is 0 Å². The lowest BCUT2D eigenvalue weighted by Gasteiger charge is -2.28. The fraction of sp³-hybridized carbons (Fsp3) is 0.240. The summed E-state index contributed by atoms with van der Waals surface area (Å²) in [7, 11) is 0. The summed E-state index contributed by atoms with van der Waals surface area (Å²) in [4.78, 5) is 15.3. The number of rotatable bonds is 8. The number of amides is 1. The van der Waals surface area contributed by atoms with Crippen molar-refractivity contribution in [2.75, 3.05) is 0 Å². The van der Waals surface area contributed by atoms with Crippen LogP contribution in [0.3, 0.4) is 0 Å². The van der Waals surface area contributed by atoms with Gasteiger partial charge in [-0.1, -0.05) is 79.7 Å². The highest BCUT2D eigenvalue weighted by Gasteiger charge is 2.25. The standard InChI is InChI=1S/C25H27NO2/c1-3-24(28-23-16-10-11-20(2)17-23)25(27)26(18-21-12-6-4-7-13-21)19-22-14-8-5-9-15-22/h4-17,24H,3,18-19H2,1-2H3/t24-/m0/s1. The molecule has 0 saturated carbocycles. The minimum Gasteiger partial charge on any atom is -0.481 e. The first-order valence-electron chi connectivity index (χ1n) is 9.75. The van der Waals surface area contributed by atoms with Gasteiger partial charge in [0, 0.05) is 13.1 Å². The highest BCUT2D eigenvalue weighted by molar-refractivity contribution is 5.81. The van der Waals surface area contributed by atoms with Gasteiger partial charge < -0.3 is 9.64 Å². The molecule has 0 spiro atoms. The molecule has 0 radical (unpaired) electrons. The van der Waals surface area contributed by atoms with Crippen molar-refractivity contribution in [2.24, 2.45) is 0 Å². The Morgan fingerprint density at radius 1 is 0.857 bits per heavy atom. The monoisotopic (exact) mass is 373 g/mol. The number of aryl methyl sites for hydroxylation is 1. The Bertz CT molecular complexity index is 836. The van der Waals surface area contributed by atoms with Crippen LogP contribution in [0.25, 0.3) is 0 Å². The molecule has 3 heteroatoms. The van der Waals surface area contributed by atoms with Gasteiger partial charge in [0.25, 0.3) is 5.91 Å². The lowest BCUT2D eigenvalue weighted by atomic mass is 10.1. The first-order valence-corrected chi connectivity index (χ1v) is 9.75. The molecule has 3 nitrogen and oxygen atoms in total. The first-order chi connectivity index (χ1) is 13.7. The smallest absolute Gasteiger partial charge is 0.264 e. The molecule has 28 heavy (non-hydrogen) atoms. The van der Waals surface area contributed by atoms with Gasteiger partial charge in [-0.05, 0) is 42.2 Å². The van der Waals surface area contributed by atoms with Crippen LogP contribution in [0.1, 0.15) is 30.0 Å². The Hall–Kier alpha value is -3.07. The van der Waals surface area contributed by atoms with Crippen molar-refractivity contribution in [2.45, 2.75) is 39.5 Å². The average molecular weight is 373 g/mol. The van der Waals surface area contributed by atoms with E-state index in [-0.39, 0.29) is 5.91 Å². The van der Waals surface area contributed by atoms with Gasteiger partial charge in [0.15, 0.2) is 6.10 Å². The average Bonchev–Trinajstić information content (AvgIpc) is 2.72. The maximum Gasteiger partial charge on any atom is 0.264 e. The van der Waals surface area contributed by atoms with Crippen molar-refractivity contribution in [3.63, 3.8) is 0 Å². The molecular weight excluding hydrogens is 346 g/mol. The predicted molar refractivity (Wildman–Crippen MR) is 113 cm³/mol. The molecule has 0 unspecified atom stereocenters. The molecule has 0 fully saturated rings. The Kier molecular flexibility index (Phi) is 6.85. The van der Waals surface area contributed by atoms with Crippen molar-refractivity contribution in [1.29, 1.82) is 0 Å². The molecule has 0 aliphatic heterocycles. The van der Waals surface area contributed by atoms with Crippen molar-refractivity contribution in [3.05, 3.63) is 102 Å². The van der Waals surface area contributed by atoms with E-state index in [0.717, 1.165) is 22.4 Å². The van der Waals surface area contributed by atoms with Gasteiger partial charge in [0.2, 0.25) is 0 Å². The summed E-state index contributed by atoms with van der Waals surface area (Å²) in [6.45, 7) is 5.12. The van der Waals surface area contributed by atoms with Crippen LogP contribution in [-0.2, 0) is 17.9 Å². The summed E-state index contributed by atoms with van der Waals surface area (Å²) in [5, 5.41) is 0. The zero-order chi connectivity index (χ0) is 19.8. The number of carbonyl (C=O) groups is 1. The van der Waals surface area contributed by atoms with E-state index in [1.54, 1.807) is 0 Å². The van der Waals surface area contributed by atoms with Gasteiger partial charge in [-0.15, -0.1) is 0 Å². The zero-order valence-electron chi connectivity index (χ0n) is 16.5. The molecule has 144 valence electrons. The Morgan fingerprint density at radius 2 is 1.43 bits per heavy atom. The van der Waals surface area contributed by atoms with Crippen LogP contribution >= 0.6 is 0 Å². The highest BCUT2D eigenvalue weighted by Crippen LogP contribution is 2.19. The number of hydrogen-bond acceptors (Lipinski definition) is 2. The Balaban J connectivity index is 1.80. The van der Waals surface area contributed by atoms with Gasteiger partial charge in [0.1, 0.15) is 5.75 Å². The zero-order valence-corrected chi connectivity index (χ0v) is 16.5. The molecule has 1 atom stereocenters. The van der Waals surface area contributed by atoms with Crippen molar-refractivity contribution >= 4 is 5.91 Å². The third-order valence-corrected chi connectivity index (χ3v) is 4.66. The van der Waals surface area contributed by atoms with Crippen LogP contribution in [0.5, 0.6) is 5.75 Å². The SMILES string of the molecule is CC[C@H](Oc1cccc(C)c1)C(=O)N(Cc1ccccc1)Cc1ccccc1. The molecule has 0 aromatic heterocycles. The largest absolute Gasteiger partial charge is 0.481 e. The van der Waals surface area contributed by atoms with Crippen LogP contribution in [-0.4, -0.2) is 16.9 Å². The summed E-state index contributed by atoms with van der Waals surface area (Å²) < 4.78 is 6.07. The second kappa shape index (κ2) is 9.75. The highest BCUT2D eigenvalue weighted by atomic mass is 16.5. The number of carbonyl (C=O) groups excluding carboxylic acids is 1. The molecule has 0 heterocycles. The number of nitrogens with zero attached hydrogens (tertiary/aromatic N) is 1. The van der Waals surface area contributed by atoms with E-state index in [4.69, 9.17) is 4.74 Å². The topological polar surface area (TPSA) is 29.5 Å². The van der Waals surface area contributed by atoms with E-state index in [1.807, 2.05) is 104 Å². The van der Waals surface area contributed by atoms with E-state index < -0.39 is 6.10 Å². The molecule has 0 aliphatic rings. The molecule has 3 rings (SSSR count). The molecule has 0 bridgehead atoms. The van der Waals surface area contributed by atoms with Crippen LogP contribution < -0.4 is 4.74 Å². The second-order valence-corrected chi connectivity index (χ2v) is 7.00. The number of benzene rings is 3. The lowest BCUT2D eigenvalue weighted by molar-refractivity contribution is -0.140. The Morgan fingerprint density at radius 3 is 1.93 bits per heavy atom. The van der Waals surface area contributed by atoms with Gasteiger partial charge in [0.05, 0.1) is 0 Å². The molecule has 1 amide bonds. The van der Waals surface area contributed by atoms with E-state index in [0.29, 0.717) is 19.5 Å². The minimum atomic E-state index is -0.505. The van der Waals surface area contributed by atoms with Crippen molar-refractivity contribution in [3.8, 4) is 5.75 Å². The fourth-order valence-corrected chi connectivity index (χ4v) is 3.18. The third kappa shape index (κ3) is 5.46. The molecule has 0 saturated heterocycles. The quantitative estimate of drug-likeness (QED) is 0.530. The lowest BCUT2D eigenvalue weighted by Crippen LogP contribution is -2.41. The summed E-state index contributed by atoms with van der Waals surface area (Å²) >= 11 is 0. The summed E-state index contributed by atoms with van der Waals surface area (Å²) in [5.74, 6) is 0.747. The molecular formula is C25H27NO2. The van der Waals surface area contributed by atoms with E-state index in [2.05, 4.69) is 0 Å². The molecule has 3 aromatic carbocycles. The van der Waals surface area contributed by atoms with E-state index in [1.165, 1.54) is 0 Å². The van der Waals surface area contributed by atoms with Gasteiger partial charge in [-0.3, -0.25) is 4.79 Å². The number of hydrogen-bond donors (Lipinski definition) is 0. The van der Waals surface area contributed by atoms with Crippen LogP contribution in [0.4, 0.5) is 0 Å². The van der Waals surface area contributed by atoms with Gasteiger partial charge in [-0.25, -0.2) is 0 Å². The Labute approximate surface area is 167 Å². The van der Waals surface area contributed by atoms with Crippen molar-refractivity contribution < 1.29 is 9.53 Å². The van der Waals surface area contributed by atoms with Crippen molar-refractivity contribution in [1.82, 2.24) is 4.90 Å². The van der Waals surface area contributed by atoms with Crippen LogP contribution in [0.15, 0.2) is 84.9 Å². The fourth-order valence-electron chi connectivity index (χ4n) is 3.18. The molecule has 0 N–H and O–H groups in total. The molecule has 3 aromatic rings. The first kappa shape index (κ1) is 19.7. The second-order valence-electron chi connectivity index (χ2n) is 7.00. The van der Waals surface area contributed by atoms with Gasteiger partial charge >= 0.3 is 0 Å². The normalized spacial score (nSPS) is 11.6. The number of ether oxygens (including phenoxy) is 1. The summed E-state index contributed by atoms with van der Waals surface area (Å²) in [6, 6.07) is 28.0. The maximum absolute atomic E-state index is 13.4. The summed E-state index contributed by atoms with van der Waals surface area (Å²) in [5.41, 5.74) is 3.33. The minimum absolute atomic E-state index is 0.0108. The predicted octanol–water partition coefficient (Wildman–Crippen LogP) is 5.38. The van der Waals surface area contributed by atoms with E-state index >= 15 is 0 Å². The summed E-state index contributed by atoms with van der Waals surface area (Å²) in [6.07, 6.45) is 0.113. The van der Waals surface area contributed by atoms with Crippen LogP contribution in [0.2, 0.25) is 0 Å². The third-order valence-electron chi connectivity index (χ3n) is 4.66.